The molecule has 1 atom stereocenters. The lowest BCUT2D eigenvalue weighted by Gasteiger charge is -2.24. The van der Waals surface area contributed by atoms with Crippen LogP contribution < -0.4 is 0 Å². The van der Waals surface area contributed by atoms with Crippen molar-refractivity contribution in [2.45, 2.75) is 31.1 Å². The van der Waals surface area contributed by atoms with E-state index in [1.54, 1.807) is 18.2 Å². The fraction of sp³-hybridized carbons (Fsp3) is 0.500. The van der Waals surface area contributed by atoms with Crippen molar-refractivity contribution < 1.29 is 4.79 Å². The number of hydrogen-bond donors (Lipinski definition) is 0. The van der Waals surface area contributed by atoms with Crippen LogP contribution in [0.3, 0.4) is 0 Å². The zero-order chi connectivity index (χ0) is 13.8. The first kappa shape index (κ1) is 15.0. The third-order valence-corrected chi connectivity index (χ3v) is 4.45. The number of nitrogens with zero attached hydrogens (tertiary/aromatic N) is 1. The van der Waals surface area contributed by atoms with Crippen molar-refractivity contribution in [3.8, 4) is 0 Å². The Kier molecular flexibility index (Phi) is 5.37. The Labute approximate surface area is 128 Å². The van der Waals surface area contributed by atoms with Gasteiger partial charge in [-0.05, 0) is 25.0 Å². The van der Waals surface area contributed by atoms with Crippen molar-refractivity contribution in [1.29, 1.82) is 0 Å². The molecule has 1 aliphatic rings. The summed E-state index contributed by atoms with van der Waals surface area (Å²) in [5.41, 5.74) is 0.516. The molecular formula is C14H16Cl3NO. The molecule has 104 valence electrons. The first-order chi connectivity index (χ1) is 9.11. The summed E-state index contributed by atoms with van der Waals surface area (Å²) in [5, 5.41) is 0.0747. The van der Waals surface area contributed by atoms with Gasteiger partial charge < -0.3 is 4.90 Å². The van der Waals surface area contributed by atoms with Gasteiger partial charge in [-0.25, -0.2) is 0 Å². The van der Waals surface area contributed by atoms with Crippen LogP contribution in [0.2, 0.25) is 10.0 Å². The summed E-state index contributed by atoms with van der Waals surface area (Å²) >= 11 is 18.5. The quantitative estimate of drug-likeness (QED) is 0.725. The Hall–Kier alpha value is -0.440. The van der Waals surface area contributed by atoms with Gasteiger partial charge in [0, 0.05) is 28.7 Å². The van der Waals surface area contributed by atoms with Crippen LogP contribution in [0, 0.1) is 0 Å². The van der Waals surface area contributed by atoms with E-state index in [2.05, 4.69) is 0 Å². The molecule has 1 amide bonds. The van der Waals surface area contributed by atoms with E-state index < -0.39 is 5.38 Å². The van der Waals surface area contributed by atoms with Crippen molar-refractivity contribution in [2.24, 2.45) is 0 Å². The number of likely N-dealkylation sites (tertiary alicyclic amines) is 1. The summed E-state index contributed by atoms with van der Waals surface area (Å²) < 4.78 is 0. The van der Waals surface area contributed by atoms with Gasteiger partial charge in [-0.3, -0.25) is 4.79 Å². The highest BCUT2D eigenvalue weighted by molar-refractivity contribution is 6.40. The molecule has 5 heteroatoms. The molecule has 1 aliphatic heterocycles. The minimum Gasteiger partial charge on any atom is -0.341 e. The van der Waals surface area contributed by atoms with E-state index in [0.717, 1.165) is 25.9 Å². The van der Waals surface area contributed by atoms with Gasteiger partial charge >= 0.3 is 0 Å². The van der Waals surface area contributed by atoms with E-state index >= 15 is 0 Å². The van der Waals surface area contributed by atoms with Gasteiger partial charge in [-0.1, -0.05) is 42.1 Å². The molecule has 1 saturated heterocycles. The molecule has 0 aromatic heterocycles. The maximum absolute atomic E-state index is 12.4. The van der Waals surface area contributed by atoms with Crippen LogP contribution in [0.1, 0.15) is 36.6 Å². The fourth-order valence-corrected chi connectivity index (χ4v) is 3.43. The fourth-order valence-electron chi connectivity index (χ4n) is 2.33. The van der Waals surface area contributed by atoms with Crippen LogP contribution in [0.15, 0.2) is 18.2 Å². The minimum atomic E-state index is -0.806. The SMILES string of the molecule is O=C(C(Cl)c1c(Cl)cccc1Cl)N1CCCCCC1. The molecule has 2 rings (SSSR count). The molecule has 2 nitrogen and oxygen atoms in total. The molecule has 1 aromatic carbocycles. The summed E-state index contributed by atoms with van der Waals surface area (Å²) in [6.45, 7) is 1.54. The largest absolute Gasteiger partial charge is 0.341 e. The second-order valence-corrected chi connectivity index (χ2v) is 5.99. The summed E-state index contributed by atoms with van der Waals surface area (Å²) in [7, 11) is 0. The third-order valence-electron chi connectivity index (χ3n) is 3.39. The summed E-state index contributed by atoms with van der Waals surface area (Å²) in [5.74, 6) is -0.0985. The predicted octanol–water partition coefficient (Wildman–Crippen LogP) is 4.68. The van der Waals surface area contributed by atoms with Crippen LogP contribution in [0.25, 0.3) is 0 Å². The van der Waals surface area contributed by atoms with Crippen molar-refractivity contribution in [3.63, 3.8) is 0 Å². The summed E-state index contributed by atoms with van der Waals surface area (Å²) in [4.78, 5) is 14.3. The lowest BCUT2D eigenvalue weighted by atomic mass is 10.1. The number of hydrogen-bond acceptors (Lipinski definition) is 1. The molecule has 1 unspecified atom stereocenters. The molecule has 0 spiro atoms. The second-order valence-electron chi connectivity index (χ2n) is 4.74. The standard InChI is InChI=1S/C14H16Cl3NO/c15-10-6-5-7-11(16)12(10)13(17)14(19)18-8-3-1-2-4-9-18/h5-7,13H,1-4,8-9H2. The van der Waals surface area contributed by atoms with Gasteiger partial charge in [-0.2, -0.15) is 0 Å². The highest BCUT2D eigenvalue weighted by atomic mass is 35.5. The van der Waals surface area contributed by atoms with E-state index in [-0.39, 0.29) is 5.91 Å². The van der Waals surface area contributed by atoms with Gasteiger partial charge in [0.25, 0.3) is 0 Å². The first-order valence-corrected chi connectivity index (χ1v) is 7.67. The number of carbonyl (C=O) groups is 1. The Morgan fingerprint density at radius 2 is 1.58 bits per heavy atom. The number of amides is 1. The van der Waals surface area contributed by atoms with Gasteiger partial charge in [-0.15, -0.1) is 11.6 Å². The molecular weight excluding hydrogens is 305 g/mol. The van der Waals surface area contributed by atoms with Crippen LogP contribution in [0.5, 0.6) is 0 Å². The third kappa shape index (κ3) is 3.56. The van der Waals surface area contributed by atoms with Crippen molar-refractivity contribution in [3.05, 3.63) is 33.8 Å². The van der Waals surface area contributed by atoms with E-state index in [9.17, 15) is 4.79 Å². The number of alkyl halides is 1. The molecule has 0 N–H and O–H groups in total. The lowest BCUT2D eigenvalue weighted by Crippen LogP contribution is -2.34. The van der Waals surface area contributed by atoms with E-state index in [1.807, 2.05) is 4.90 Å². The average Bonchev–Trinajstić information content (AvgIpc) is 2.66. The van der Waals surface area contributed by atoms with Gasteiger partial charge in [0.15, 0.2) is 0 Å². The van der Waals surface area contributed by atoms with E-state index in [1.165, 1.54) is 12.8 Å². The van der Waals surface area contributed by atoms with Crippen molar-refractivity contribution >= 4 is 40.7 Å². The molecule has 0 radical (unpaired) electrons. The van der Waals surface area contributed by atoms with Crippen molar-refractivity contribution in [2.75, 3.05) is 13.1 Å². The maximum Gasteiger partial charge on any atom is 0.245 e. The summed E-state index contributed by atoms with van der Waals surface area (Å²) in [6, 6.07) is 5.15. The zero-order valence-corrected chi connectivity index (χ0v) is 12.8. The molecule has 0 bridgehead atoms. The smallest absolute Gasteiger partial charge is 0.245 e. The van der Waals surface area contributed by atoms with Gasteiger partial charge in [0.05, 0.1) is 0 Å². The Morgan fingerprint density at radius 3 is 2.11 bits per heavy atom. The van der Waals surface area contributed by atoms with E-state index in [0.29, 0.717) is 15.6 Å². The molecule has 1 aromatic rings. The average molecular weight is 321 g/mol. The highest BCUT2D eigenvalue weighted by Gasteiger charge is 2.27. The van der Waals surface area contributed by atoms with Gasteiger partial charge in [0.1, 0.15) is 5.38 Å². The van der Waals surface area contributed by atoms with Crippen LogP contribution in [-0.4, -0.2) is 23.9 Å². The zero-order valence-electron chi connectivity index (χ0n) is 10.5. The Balaban J connectivity index is 2.18. The van der Waals surface area contributed by atoms with Crippen molar-refractivity contribution in [1.82, 2.24) is 4.90 Å². The number of carbonyl (C=O) groups excluding carboxylic acids is 1. The Bertz CT molecular complexity index is 436. The highest BCUT2D eigenvalue weighted by Crippen LogP contribution is 2.35. The number of halogens is 3. The normalized spacial score (nSPS) is 17.9. The minimum absolute atomic E-state index is 0.0985. The molecule has 0 saturated carbocycles. The topological polar surface area (TPSA) is 20.3 Å². The molecule has 19 heavy (non-hydrogen) atoms. The molecule has 1 fully saturated rings. The number of rotatable bonds is 2. The van der Waals surface area contributed by atoms with Crippen LogP contribution in [0.4, 0.5) is 0 Å². The van der Waals surface area contributed by atoms with Crippen LogP contribution in [-0.2, 0) is 4.79 Å². The molecule has 0 aliphatic carbocycles. The van der Waals surface area contributed by atoms with E-state index in [4.69, 9.17) is 34.8 Å². The second kappa shape index (κ2) is 6.83. The summed E-state index contributed by atoms with van der Waals surface area (Å²) in [6.07, 6.45) is 4.41. The monoisotopic (exact) mass is 319 g/mol. The molecule has 1 heterocycles. The maximum atomic E-state index is 12.4. The Morgan fingerprint density at radius 1 is 1.05 bits per heavy atom. The predicted molar refractivity (Wildman–Crippen MR) is 80.1 cm³/mol. The van der Waals surface area contributed by atoms with Gasteiger partial charge in [0.2, 0.25) is 5.91 Å². The first-order valence-electron chi connectivity index (χ1n) is 6.48. The lowest BCUT2D eigenvalue weighted by molar-refractivity contribution is -0.130. The number of benzene rings is 1. The van der Waals surface area contributed by atoms with Crippen LogP contribution >= 0.6 is 34.8 Å².